The molecule has 5 rings (SSSR count). The first-order chi connectivity index (χ1) is 18.1. The molecule has 204 valence electrons. The van der Waals surface area contributed by atoms with Crippen LogP contribution in [-0.2, 0) is 29.3 Å². The molecule has 0 unspecified atom stereocenters. The number of rotatable bonds is 7. The van der Waals surface area contributed by atoms with Crippen LogP contribution in [0.2, 0.25) is 0 Å². The molecule has 1 atom stereocenters. The Bertz CT molecular complexity index is 1340. The Morgan fingerprint density at radius 3 is 2.45 bits per heavy atom. The van der Waals surface area contributed by atoms with Crippen LogP contribution in [0.4, 0.5) is 18.9 Å². The van der Waals surface area contributed by atoms with Crippen molar-refractivity contribution in [2.24, 2.45) is 5.92 Å². The van der Waals surface area contributed by atoms with E-state index in [1.54, 1.807) is 12.5 Å². The molecule has 1 aliphatic heterocycles. The molecule has 0 bridgehead atoms. The Balaban J connectivity index is 1.52. The van der Waals surface area contributed by atoms with Crippen LogP contribution in [0.3, 0.4) is 0 Å². The topological polar surface area (TPSA) is 69.3 Å². The van der Waals surface area contributed by atoms with E-state index < -0.39 is 21.8 Å². The van der Waals surface area contributed by atoms with E-state index in [0.717, 1.165) is 59.6 Å². The summed E-state index contributed by atoms with van der Waals surface area (Å²) in [6.07, 6.45) is 5.62. The summed E-state index contributed by atoms with van der Waals surface area (Å²) in [6.45, 7) is 2.92. The number of hydrogen-bond donors (Lipinski definition) is 1. The van der Waals surface area contributed by atoms with Crippen molar-refractivity contribution in [3.8, 4) is 0 Å². The van der Waals surface area contributed by atoms with E-state index in [9.17, 15) is 21.6 Å². The first-order valence-corrected chi connectivity index (χ1v) is 14.6. The number of nitrogens with one attached hydrogen (secondary N) is 1. The van der Waals surface area contributed by atoms with Gasteiger partial charge >= 0.3 is 6.18 Å². The summed E-state index contributed by atoms with van der Waals surface area (Å²) in [5, 5.41) is 0. The van der Waals surface area contributed by atoms with Crippen LogP contribution < -0.4 is 4.90 Å². The van der Waals surface area contributed by atoms with Gasteiger partial charge in [-0.05, 0) is 61.6 Å². The second-order valence-corrected chi connectivity index (χ2v) is 12.5. The third kappa shape index (κ3) is 5.76. The number of imidazole rings is 1. The number of aromatic amines is 1. The summed E-state index contributed by atoms with van der Waals surface area (Å²) < 4.78 is 68.5. The third-order valence-electron chi connectivity index (χ3n) is 7.84. The highest BCUT2D eigenvalue weighted by Crippen LogP contribution is 2.37. The maximum atomic E-state index is 13.8. The van der Waals surface area contributed by atoms with E-state index in [1.807, 2.05) is 19.1 Å². The molecule has 3 aromatic rings. The molecule has 0 radical (unpaired) electrons. The standard InChI is InChI=1S/C28H33F3N4O2S/c1-20-6-13-27-22(14-20)16-34(38(36,37)26-11-8-23(9-12-26)28(29,30)31)18-25(10-7-21-4-2-3-5-21)35(27)17-24-15-32-19-33-24/h6,8-9,11-15,19,21,25H,2-5,7,10,16-18H2,1H3,(H,32,33)/t25-/m0/s1. The predicted octanol–water partition coefficient (Wildman–Crippen LogP) is 6.29. The number of hydrogen-bond acceptors (Lipinski definition) is 4. The first kappa shape index (κ1) is 26.7. The predicted molar refractivity (Wildman–Crippen MR) is 140 cm³/mol. The fourth-order valence-electron chi connectivity index (χ4n) is 5.80. The van der Waals surface area contributed by atoms with Gasteiger partial charge in [0.05, 0.1) is 29.0 Å². The minimum Gasteiger partial charge on any atom is -0.361 e. The Labute approximate surface area is 221 Å². The molecule has 1 N–H and O–H groups in total. The van der Waals surface area contributed by atoms with Crippen molar-refractivity contribution >= 4 is 15.7 Å². The lowest BCUT2D eigenvalue weighted by Crippen LogP contribution is -2.43. The summed E-state index contributed by atoms with van der Waals surface area (Å²) in [5.41, 5.74) is 2.94. The first-order valence-electron chi connectivity index (χ1n) is 13.1. The zero-order valence-electron chi connectivity index (χ0n) is 21.4. The van der Waals surface area contributed by atoms with Gasteiger partial charge < -0.3 is 9.88 Å². The molecule has 0 amide bonds. The zero-order chi connectivity index (χ0) is 26.9. The van der Waals surface area contributed by atoms with Crippen LogP contribution in [0.1, 0.15) is 60.9 Å². The molecule has 38 heavy (non-hydrogen) atoms. The van der Waals surface area contributed by atoms with Crippen LogP contribution in [0, 0.1) is 12.8 Å². The van der Waals surface area contributed by atoms with Gasteiger partial charge in [-0.15, -0.1) is 0 Å². The monoisotopic (exact) mass is 546 g/mol. The number of halogens is 3. The molecule has 2 heterocycles. The van der Waals surface area contributed by atoms with Crippen molar-refractivity contribution in [1.82, 2.24) is 14.3 Å². The van der Waals surface area contributed by atoms with Gasteiger partial charge in [0.1, 0.15) is 0 Å². The highest BCUT2D eigenvalue weighted by atomic mass is 32.2. The lowest BCUT2D eigenvalue weighted by atomic mass is 9.97. The van der Waals surface area contributed by atoms with Gasteiger partial charge in [0.15, 0.2) is 0 Å². The van der Waals surface area contributed by atoms with E-state index in [2.05, 4.69) is 20.9 Å². The molecular weight excluding hydrogens is 513 g/mol. The van der Waals surface area contributed by atoms with Gasteiger partial charge in [-0.1, -0.05) is 43.4 Å². The average Bonchev–Trinajstić information content (AvgIpc) is 3.56. The van der Waals surface area contributed by atoms with Crippen LogP contribution in [-0.4, -0.2) is 35.3 Å². The smallest absolute Gasteiger partial charge is 0.361 e. The Hall–Kier alpha value is -2.85. The second-order valence-electron chi connectivity index (χ2n) is 10.5. The van der Waals surface area contributed by atoms with Crippen molar-refractivity contribution in [3.05, 3.63) is 77.4 Å². The van der Waals surface area contributed by atoms with Crippen molar-refractivity contribution < 1.29 is 21.6 Å². The summed E-state index contributed by atoms with van der Waals surface area (Å²) in [7, 11) is -4.04. The maximum Gasteiger partial charge on any atom is 0.416 e. The number of nitrogens with zero attached hydrogens (tertiary/aromatic N) is 3. The van der Waals surface area contributed by atoms with E-state index in [1.165, 1.54) is 30.0 Å². The fraction of sp³-hybridized carbons (Fsp3) is 0.464. The number of fused-ring (bicyclic) bond motifs is 1. The summed E-state index contributed by atoms with van der Waals surface area (Å²) in [5.74, 6) is 0.643. The number of H-pyrrole nitrogens is 1. The molecule has 2 aromatic carbocycles. The molecule has 1 saturated carbocycles. The van der Waals surface area contributed by atoms with Crippen LogP contribution in [0.5, 0.6) is 0 Å². The number of alkyl halides is 3. The molecule has 1 aromatic heterocycles. The van der Waals surface area contributed by atoms with Crippen molar-refractivity contribution in [2.75, 3.05) is 11.4 Å². The number of benzene rings is 2. The van der Waals surface area contributed by atoms with E-state index in [0.29, 0.717) is 12.5 Å². The number of sulfonamides is 1. The SMILES string of the molecule is Cc1ccc2c(c1)CN(S(=O)(=O)c1ccc(C(F)(F)F)cc1)C[C@H](CCC1CCCC1)N2Cc1cnc[nH]1. The number of aromatic nitrogens is 2. The summed E-state index contributed by atoms with van der Waals surface area (Å²) in [4.78, 5) is 9.49. The lowest BCUT2D eigenvalue weighted by Gasteiger charge is -2.34. The minimum atomic E-state index is -4.53. The molecular formula is C28H33F3N4O2S. The third-order valence-corrected chi connectivity index (χ3v) is 9.67. The average molecular weight is 547 g/mol. The molecule has 2 aliphatic rings. The molecule has 0 spiro atoms. The second kappa shape index (κ2) is 10.7. The number of anilines is 1. The maximum absolute atomic E-state index is 13.8. The molecule has 10 heteroatoms. The largest absolute Gasteiger partial charge is 0.416 e. The van der Waals surface area contributed by atoms with Gasteiger partial charge in [0, 0.05) is 31.0 Å². The van der Waals surface area contributed by atoms with E-state index in [4.69, 9.17) is 0 Å². The Morgan fingerprint density at radius 1 is 1.05 bits per heavy atom. The van der Waals surface area contributed by atoms with Gasteiger partial charge in [-0.2, -0.15) is 17.5 Å². The zero-order valence-corrected chi connectivity index (χ0v) is 22.2. The molecule has 1 aliphatic carbocycles. The number of aryl methyl sites for hydroxylation is 1. The van der Waals surface area contributed by atoms with E-state index in [-0.39, 0.29) is 24.0 Å². The summed E-state index contributed by atoms with van der Waals surface area (Å²) in [6, 6.07) is 9.79. The Kier molecular flexibility index (Phi) is 7.55. The molecule has 6 nitrogen and oxygen atoms in total. The van der Waals surface area contributed by atoms with Crippen LogP contribution in [0.15, 0.2) is 59.9 Å². The van der Waals surface area contributed by atoms with Crippen LogP contribution >= 0.6 is 0 Å². The van der Waals surface area contributed by atoms with Gasteiger partial charge in [0.25, 0.3) is 0 Å². The minimum absolute atomic E-state index is 0.105. The van der Waals surface area contributed by atoms with Crippen molar-refractivity contribution in [2.45, 2.75) is 75.7 Å². The van der Waals surface area contributed by atoms with E-state index >= 15 is 0 Å². The normalized spacial score (nSPS) is 19.5. The van der Waals surface area contributed by atoms with Crippen molar-refractivity contribution in [1.29, 1.82) is 0 Å². The van der Waals surface area contributed by atoms with Gasteiger partial charge in [-0.3, -0.25) is 0 Å². The highest BCUT2D eigenvalue weighted by molar-refractivity contribution is 7.89. The van der Waals surface area contributed by atoms with Gasteiger partial charge in [0.2, 0.25) is 10.0 Å². The van der Waals surface area contributed by atoms with Crippen molar-refractivity contribution in [3.63, 3.8) is 0 Å². The lowest BCUT2D eigenvalue weighted by molar-refractivity contribution is -0.137. The fourth-order valence-corrected chi connectivity index (χ4v) is 7.25. The van der Waals surface area contributed by atoms with Crippen LogP contribution in [0.25, 0.3) is 0 Å². The quantitative estimate of drug-likeness (QED) is 0.378. The Morgan fingerprint density at radius 2 is 1.79 bits per heavy atom. The van der Waals surface area contributed by atoms with Gasteiger partial charge in [-0.25, -0.2) is 13.4 Å². The summed E-state index contributed by atoms with van der Waals surface area (Å²) >= 11 is 0. The molecule has 0 saturated heterocycles. The molecule has 1 fully saturated rings. The highest BCUT2D eigenvalue weighted by Gasteiger charge is 2.36.